The predicted octanol–water partition coefficient (Wildman–Crippen LogP) is 5.10. The standard InChI is InChI=1S/C24H16N2O2/c27-15-17-5-1-7-19(13-17)21-9-3-11-23(25-21)24-12-4-10-22(26-24)20-8-2-6-18(14-20)16-28/h1-16H. The van der Waals surface area contributed by atoms with E-state index in [1.807, 2.05) is 72.8 Å². The minimum atomic E-state index is 0.611. The highest BCUT2D eigenvalue weighted by molar-refractivity contribution is 5.79. The summed E-state index contributed by atoms with van der Waals surface area (Å²) in [6, 6.07) is 26.1. The Morgan fingerprint density at radius 2 is 0.893 bits per heavy atom. The Bertz CT molecular complexity index is 1080. The Hall–Kier alpha value is -3.92. The lowest BCUT2D eigenvalue weighted by Gasteiger charge is -2.07. The zero-order valence-corrected chi connectivity index (χ0v) is 14.9. The fourth-order valence-electron chi connectivity index (χ4n) is 3.02. The van der Waals surface area contributed by atoms with Gasteiger partial charge in [0.2, 0.25) is 0 Å². The van der Waals surface area contributed by atoms with Crippen LogP contribution in [-0.2, 0) is 0 Å². The minimum Gasteiger partial charge on any atom is -0.298 e. The van der Waals surface area contributed by atoms with Crippen LogP contribution < -0.4 is 0 Å². The van der Waals surface area contributed by atoms with Gasteiger partial charge in [-0.05, 0) is 36.4 Å². The maximum Gasteiger partial charge on any atom is 0.150 e. The molecule has 2 heterocycles. The van der Waals surface area contributed by atoms with Crippen LogP contribution >= 0.6 is 0 Å². The molecule has 0 spiro atoms. The van der Waals surface area contributed by atoms with Crippen molar-refractivity contribution in [2.45, 2.75) is 0 Å². The average Bonchev–Trinajstić information content (AvgIpc) is 2.79. The van der Waals surface area contributed by atoms with Crippen LogP contribution in [0.25, 0.3) is 33.9 Å². The Morgan fingerprint density at radius 3 is 1.32 bits per heavy atom. The molecule has 134 valence electrons. The number of carbonyl (C=O) groups is 2. The molecule has 0 fully saturated rings. The number of aromatic nitrogens is 2. The molecule has 0 N–H and O–H groups in total. The molecule has 0 bridgehead atoms. The van der Waals surface area contributed by atoms with Crippen LogP contribution in [0, 0.1) is 0 Å². The highest BCUT2D eigenvalue weighted by atomic mass is 16.1. The summed E-state index contributed by atoms with van der Waals surface area (Å²) in [5.74, 6) is 0. The second-order valence-corrected chi connectivity index (χ2v) is 6.30. The summed E-state index contributed by atoms with van der Waals surface area (Å²) >= 11 is 0. The van der Waals surface area contributed by atoms with Gasteiger partial charge in [0.25, 0.3) is 0 Å². The molecule has 0 unspecified atom stereocenters. The van der Waals surface area contributed by atoms with Crippen molar-refractivity contribution in [1.29, 1.82) is 0 Å². The van der Waals surface area contributed by atoms with E-state index in [-0.39, 0.29) is 0 Å². The maximum atomic E-state index is 11.0. The number of nitrogens with zero attached hydrogens (tertiary/aromatic N) is 2. The van der Waals surface area contributed by atoms with E-state index in [0.717, 1.165) is 46.5 Å². The van der Waals surface area contributed by atoms with Gasteiger partial charge in [0.1, 0.15) is 12.6 Å². The third kappa shape index (κ3) is 3.62. The van der Waals surface area contributed by atoms with Crippen molar-refractivity contribution in [2.24, 2.45) is 0 Å². The molecular weight excluding hydrogens is 348 g/mol. The lowest BCUT2D eigenvalue weighted by atomic mass is 10.1. The molecule has 4 nitrogen and oxygen atoms in total. The number of carbonyl (C=O) groups excluding carboxylic acids is 2. The van der Waals surface area contributed by atoms with Gasteiger partial charge in [-0.15, -0.1) is 0 Å². The van der Waals surface area contributed by atoms with Gasteiger partial charge in [0, 0.05) is 22.3 Å². The van der Waals surface area contributed by atoms with Gasteiger partial charge in [-0.2, -0.15) is 0 Å². The molecule has 2 aromatic heterocycles. The minimum absolute atomic E-state index is 0.611. The SMILES string of the molecule is O=Cc1cccc(-c2cccc(-c3cccc(-c4cccc(C=O)c4)n3)n2)c1. The molecule has 0 aliphatic heterocycles. The summed E-state index contributed by atoms with van der Waals surface area (Å²) in [6.07, 6.45) is 1.65. The van der Waals surface area contributed by atoms with E-state index in [1.165, 1.54) is 0 Å². The quantitative estimate of drug-likeness (QED) is 0.462. The zero-order valence-electron chi connectivity index (χ0n) is 14.9. The predicted molar refractivity (Wildman–Crippen MR) is 109 cm³/mol. The Balaban J connectivity index is 1.73. The van der Waals surface area contributed by atoms with Crippen LogP contribution in [0.4, 0.5) is 0 Å². The molecule has 4 rings (SSSR count). The van der Waals surface area contributed by atoms with Crippen molar-refractivity contribution in [1.82, 2.24) is 9.97 Å². The van der Waals surface area contributed by atoms with E-state index in [1.54, 1.807) is 12.1 Å². The van der Waals surface area contributed by atoms with Crippen molar-refractivity contribution in [3.8, 4) is 33.9 Å². The van der Waals surface area contributed by atoms with Crippen LogP contribution in [0.3, 0.4) is 0 Å². The summed E-state index contributed by atoms with van der Waals surface area (Å²) in [5, 5.41) is 0. The molecule has 4 aromatic rings. The van der Waals surface area contributed by atoms with Gasteiger partial charge in [0.05, 0.1) is 22.8 Å². The Morgan fingerprint density at radius 1 is 0.500 bits per heavy atom. The van der Waals surface area contributed by atoms with Gasteiger partial charge in [-0.3, -0.25) is 9.59 Å². The van der Waals surface area contributed by atoms with E-state index in [4.69, 9.17) is 9.97 Å². The topological polar surface area (TPSA) is 59.9 Å². The number of hydrogen-bond donors (Lipinski definition) is 0. The first-order valence-corrected chi connectivity index (χ1v) is 8.82. The summed E-state index contributed by atoms with van der Waals surface area (Å²) < 4.78 is 0. The molecule has 0 radical (unpaired) electrons. The largest absolute Gasteiger partial charge is 0.298 e. The van der Waals surface area contributed by atoms with Crippen molar-refractivity contribution in [2.75, 3.05) is 0 Å². The Labute approximate surface area is 162 Å². The third-order valence-corrected chi connectivity index (χ3v) is 4.40. The highest BCUT2D eigenvalue weighted by Crippen LogP contribution is 2.25. The number of hydrogen-bond acceptors (Lipinski definition) is 4. The molecule has 0 aliphatic carbocycles. The summed E-state index contributed by atoms with van der Waals surface area (Å²) in [7, 11) is 0. The number of rotatable bonds is 5. The van der Waals surface area contributed by atoms with Crippen molar-refractivity contribution >= 4 is 12.6 Å². The zero-order chi connectivity index (χ0) is 19.3. The second-order valence-electron chi connectivity index (χ2n) is 6.30. The van der Waals surface area contributed by atoms with Gasteiger partial charge >= 0.3 is 0 Å². The Kier molecular flexibility index (Phi) is 4.85. The third-order valence-electron chi connectivity index (χ3n) is 4.40. The maximum absolute atomic E-state index is 11.0. The highest BCUT2D eigenvalue weighted by Gasteiger charge is 2.07. The van der Waals surface area contributed by atoms with Crippen LogP contribution in [0.2, 0.25) is 0 Å². The van der Waals surface area contributed by atoms with Gasteiger partial charge in [-0.1, -0.05) is 48.5 Å². The van der Waals surface area contributed by atoms with E-state index >= 15 is 0 Å². The molecule has 0 aliphatic rings. The van der Waals surface area contributed by atoms with E-state index < -0.39 is 0 Å². The van der Waals surface area contributed by atoms with Crippen LogP contribution in [0.1, 0.15) is 20.7 Å². The van der Waals surface area contributed by atoms with E-state index in [9.17, 15) is 9.59 Å². The molecular formula is C24H16N2O2. The van der Waals surface area contributed by atoms with Crippen molar-refractivity contribution in [3.63, 3.8) is 0 Å². The van der Waals surface area contributed by atoms with Crippen molar-refractivity contribution in [3.05, 3.63) is 96.1 Å². The molecule has 0 atom stereocenters. The fraction of sp³-hybridized carbons (Fsp3) is 0. The van der Waals surface area contributed by atoms with Gasteiger partial charge in [-0.25, -0.2) is 9.97 Å². The molecule has 0 amide bonds. The fourth-order valence-corrected chi connectivity index (χ4v) is 3.02. The number of benzene rings is 2. The summed E-state index contributed by atoms with van der Waals surface area (Å²) in [6.45, 7) is 0. The molecule has 28 heavy (non-hydrogen) atoms. The first-order valence-electron chi connectivity index (χ1n) is 8.82. The normalized spacial score (nSPS) is 10.4. The first kappa shape index (κ1) is 17.5. The van der Waals surface area contributed by atoms with Gasteiger partial charge < -0.3 is 0 Å². The molecule has 0 saturated heterocycles. The summed E-state index contributed by atoms with van der Waals surface area (Å²) in [4.78, 5) is 31.5. The van der Waals surface area contributed by atoms with Crippen LogP contribution in [0.15, 0.2) is 84.9 Å². The second kappa shape index (κ2) is 7.76. The number of pyridine rings is 2. The van der Waals surface area contributed by atoms with E-state index in [0.29, 0.717) is 11.1 Å². The summed E-state index contributed by atoms with van der Waals surface area (Å²) in [5.41, 5.74) is 6.00. The van der Waals surface area contributed by atoms with Crippen LogP contribution in [-0.4, -0.2) is 22.5 Å². The monoisotopic (exact) mass is 364 g/mol. The smallest absolute Gasteiger partial charge is 0.150 e. The van der Waals surface area contributed by atoms with Gasteiger partial charge in [0.15, 0.2) is 0 Å². The number of aldehydes is 2. The lowest BCUT2D eigenvalue weighted by molar-refractivity contribution is 0.111. The van der Waals surface area contributed by atoms with Crippen LogP contribution in [0.5, 0.6) is 0 Å². The molecule has 0 saturated carbocycles. The lowest BCUT2D eigenvalue weighted by Crippen LogP contribution is -1.93. The molecule has 2 aromatic carbocycles. The van der Waals surface area contributed by atoms with E-state index in [2.05, 4.69) is 0 Å². The average molecular weight is 364 g/mol. The molecule has 4 heteroatoms. The van der Waals surface area contributed by atoms with Crippen molar-refractivity contribution < 1.29 is 9.59 Å². The first-order chi connectivity index (χ1) is 13.8.